The van der Waals surface area contributed by atoms with Gasteiger partial charge in [0.2, 0.25) is 5.91 Å². The number of hydrogen-bond donors (Lipinski definition) is 1. The van der Waals surface area contributed by atoms with Crippen LogP contribution >= 0.6 is 0 Å². The topological polar surface area (TPSA) is 71.1 Å². The van der Waals surface area contributed by atoms with Crippen LogP contribution in [-0.4, -0.2) is 63.2 Å². The van der Waals surface area contributed by atoms with Crippen molar-refractivity contribution < 1.29 is 27.8 Å². The van der Waals surface area contributed by atoms with Crippen LogP contribution in [0.15, 0.2) is 18.2 Å². The average Bonchev–Trinajstić information content (AvgIpc) is 3.06. The fraction of sp³-hybridized carbons (Fsp3) is 0.600. The molecule has 2 aliphatic heterocycles. The molecule has 1 aromatic rings. The van der Waals surface area contributed by atoms with E-state index < -0.39 is 23.7 Å². The van der Waals surface area contributed by atoms with E-state index in [2.05, 4.69) is 5.32 Å². The Bertz CT molecular complexity index is 753. The van der Waals surface area contributed by atoms with Gasteiger partial charge in [-0.25, -0.2) is 13.6 Å². The lowest BCUT2D eigenvalue weighted by atomic mass is 9.94. The number of carbonyl (C=O) groups excluding carboxylic acids is 2. The molecule has 2 amide bonds. The van der Waals surface area contributed by atoms with Crippen LogP contribution in [0.2, 0.25) is 0 Å². The Kier molecular flexibility index (Phi) is 6.56. The van der Waals surface area contributed by atoms with Crippen LogP contribution in [0, 0.1) is 5.82 Å². The summed E-state index contributed by atoms with van der Waals surface area (Å²) in [6.45, 7) is 4.96. The van der Waals surface area contributed by atoms with Crippen molar-refractivity contribution in [2.45, 2.75) is 38.5 Å². The number of nitrogens with one attached hydrogen (secondary N) is 1. The second-order valence-electron chi connectivity index (χ2n) is 7.46. The number of alkyl halides is 1. The van der Waals surface area contributed by atoms with E-state index in [1.807, 2.05) is 11.8 Å². The largest absolute Gasteiger partial charge is 0.442 e. The Balaban J connectivity index is 1.62. The molecule has 0 spiro atoms. The van der Waals surface area contributed by atoms with Crippen molar-refractivity contribution in [3.8, 4) is 0 Å². The lowest BCUT2D eigenvalue weighted by Gasteiger charge is -2.37. The first-order chi connectivity index (χ1) is 13.8. The lowest BCUT2D eigenvalue weighted by molar-refractivity contribution is -0.119. The highest BCUT2D eigenvalue weighted by Gasteiger charge is 2.36. The number of rotatable bonds is 7. The van der Waals surface area contributed by atoms with Crippen LogP contribution < -0.4 is 15.1 Å². The summed E-state index contributed by atoms with van der Waals surface area (Å²) in [4.78, 5) is 26.2. The number of nitrogens with zero attached hydrogens (tertiary/aromatic N) is 2. The SMILES string of the molecule is CCOCC1(F)CCN(c2ccc(N3C[C@H](CNC(C)=O)OC3=O)cc2F)CC1. The molecule has 1 aromatic carbocycles. The smallest absolute Gasteiger partial charge is 0.414 e. The van der Waals surface area contributed by atoms with Crippen LogP contribution in [0.25, 0.3) is 0 Å². The number of benzene rings is 1. The first-order valence-corrected chi connectivity index (χ1v) is 9.85. The maximum Gasteiger partial charge on any atom is 0.414 e. The molecule has 0 aromatic heterocycles. The summed E-state index contributed by atoms with van der Waals surface area (Å²) in [7, 11) is 0. The number of anilines is 2. The number of hydrogen-bond acceptors (Lipinski definition) is 5. The Morgan fingerprint density at radius 1 is 1.38 bits per heavy atom. The van der Waals surface area contributed by atoms with Crippen molar-refractivity contribution in [1.29, 1.82) is 0 Å². The molecule has 1 atom stereocenters. The number of piperidine rings is 1. The monoisotopic (exact) mass is 411 g/mol. The Labute approximate surface area is 168 Å². The van der Waals surface area contributed by atoms with E-state index in [0.717, 1.165) is 0 Å². The molecule has 2 saturated heterocycles. The molecule has 2 fully saturated rings. The molecule has 0 saturated carbocycles. The fourth-order valence-electron chi connectivity index (χ4n) is 3.59. The van der Waals surface area contributed by atoms with Gasteiger partial charge in [0.15, 0.2) is 0 Å². The van der Waals surface area contributed by atoms with Gasteiger partial charge in [-0.15, -0.1) is 0 Å². The minimum Gasteiger partial charge on any atom is -0.442 e. The molecule has 9 heteroatoms. The highest BCUT2D eigenvalue weighted by atomic mass is 19.1. The van der Waals surface area contributed by atoms with E-state index in [1.54, 1.807) is 12.1 Å². The van der Waals surface area contributed by atoms with Crippen LogP contribution in [0.1, 0.15) is 26.7 Å². The molecule has 0 radical (unpaired) electrons. The summed E-state index contributed by atoms with van der Waals surface area (Å²) in [5.41, 5.74) is -0.602. The van der Waals surface area contributed by atoms with E-state index in [9.17, 15) is 18.4 Å². The van der Waals surface area contributed by atoms with E-state index in [0.29, 0.717) is 31.1 Å². The summed E-state index contributed by atoms with van der Waals surface area (Å²) in [6.07, 6.45) is -0.516. The van der Waals surface area contributed by atoms with Gasteiger partial charge in [-0.3, -0.25) is 9.69 Å². The third-order valence-electron chi connectivity index (χ3n) is 5.26. The molecule has 0 aliphatic carbocycles. The Morgan fingerprint density at radius 2 is 2.10 bits per heavy atom. The molecule has 1 N–H and O–H groups in total. The molecule has 2 aliphatic rings. The van der Waals surface area contributed by atoms with Crippen molar-refractivity contribution in [1.82, 2.24) is 5.32 Å². The molecular weight excluding hydrogens is 384 g/mol. The van der Waals surface area contributed by atoms with E-state index >= 15 is 0 Å². The zero-order valence-corrected chi connectivity index (χ0v) is 16.7. The molecule has 2 heterocycles. The minimum absolute atomic E-state index is 0.0650. The van der Waals surface area contributed by atoms with E-state index in [4.69, 9.17) is 9.47 Å². The number of halogens is 2. The van der Waals surface area contributed by atoms with Crippen molar-refractivity contribution in [2.75, 3.05) is 49.2 Å². The van der Waals surface area contributed by atoms with Crippen molar-refractivity contribution in [3.05, 3.63) is 24.0 Å². The van der Waals surface area contributed by atoms with Gasteiger partial charge in [0.1, 0.15) is 17.6 Å². The molecule has 7 nitrogen and oxygen atoms in total. The number of cyclic esters (lactones) is 1. The summed E-state index contributed by atoms with van der Waals surface area (Å²) in [6, 6.07) is 4.54. The zero-order valence-electron chi connectivity index (χ0n) is 16.7. The quantitative estimate of drug-likeness (QED) is 0.747. The third-order valence-corrected chi connectivity index (χ3v) is 5.26. The van der Waals surface area contributed by atoms with Gasteiger partial charge in [-0.1, -0.05) is 0 Å². The van der Waals surface area contributed by atoms with Crippen LogP contribution in [0.5, 0.6) is 0 Å². The minimum atomic E-state index is -1.37. The molecule has 0 unspecified atom stereocenters. The summed E-state index contributed by atoms with van der Waals surface area (Å²) in [5, 5.41) is 2.60. The molecule has 0 bridgehead atoms. The van der Waals surface area contributed by atoms with Crippen molar-refractivity contribution in [2.24, 2.45) is 0 Å². The van der Waals surface area contributed by atoms with Gasteiger partial charge in [-0.05, 0) is 25.1 Å². The van der Waals surface area contributed by atoms with Gasteiger partial charge < -0.3 is 19.7 Å². The molecule has 29 heavy (non-hydrogen) atoms. The zero-order chi connectivity index (χ0) is 21.0. The molecule has 160 valence electrons. The van der Waals surface area contributed by atoms with Crippen LogP contribution in [0.3, 0.4) is 0 Å². The Morgan fingerprint density at radius 3 is 2.72 bits per heavy atom. The number of amides is 2. The number of ether oxygens (including phenoxy) is 2. The lowest BCUT2D eigenvalue weighted by Crippen LogP contribution is -2.44. The van der Waals surface area contributed by atoms with Gasteiger partial charge in [0.05, 0.1) is 31.1 Å². The van der Waals surface area contributed by atoms with Crippen molar-refractivity contribution in [3.63, 3.8) is 0 Å². The standard InChI is InChI=1S/C20H27F2N3O4/c1-3-28-13-20(22)6-8-24(9-7-20)18-5-4-15(10-17(18)21)25-12-16(29-19(25)27)11-23-14(2)26/h4-5,10,16H,3,6-9,11-13H2,1-2H3,(H,23,26)/t16-/m0/s1. The summed E-state index contributed by atoms with van der Waals surface area (Å²) < 4.78 is 39.9. The van der Waals surface area contributed by atoms with E-state index in [-0.39, 0.29) is 38.4 Å². The maximum atomic E-state index is 14.8. The van der Waals surface area contributed by atoms with Crippen LogP contribution in [0.4, 0.5) is 25.0 Å². The molecule has 3 rings (SSSR count). The van der Waals surface area contributed by atoms with Gasteiger partial charge in [0.25, 0.3) is 0 Å². The second-order valence-corrected chi connectivity index (χ2v) is 7.46. The normalized spacial score (nSPS) is 21.2. The van der Waals surface area contributed by atoms with Gasteiger partial charge >= 0.3 is 6.09 Å². The Hall–Kier alpha value is -2.42. The molecular formula is C20H27F2N3O4. The maximum absolute atomic E-state index is 14.8. The first kappa shape index (κ1) is 21.3. The first-order valence-electron chi connectivity index (χ1n) is 9.85. The highest BCUT2D eigenvalue weighted by molar-refractivity contribution is 5.90. The summed E-state index contributed by atoms with van der Waals surface area (Å²) in [5.74, 6) is -0.688. The van der Waals surface area contributed by atoms with Crippen molar-refractivity contribution >= 4 is 23.4 Å². The summed E-state index contributed by atoms with van der Waals surface area (Å²) >= 11 is 0. The number of carbonyl (C=O) groups is 2. The predicted molar refractivity (Wildman–Crippen MR) is 104 cm³/mol. The predicted octanol–water partition coefficient (Wildman–Crippen LogP) is 2.63. The van der Waals surface area contributed by atoms with Gasteiger partial charge in [0, 0.05) is 39.5 Å². The average molecular weight is 411 g/mol. The fourth-order valence-corrected chi connectivity index (χ4v) is 3.59. The highest BCUT2D eigenvalue weighted by Crippen LogP contribution is 2.33. The van der Waals surface area contributed by atoms with Gasteiger partial charge in [-0.2, -0.15) is 0 Å². The van der Waals surface area contributed by atoms with Crippen LogP contribution in [-0.2, 0) is 14.3 Å². The third kappa shape index (κ3) is 5.14. The second kappa shape index (κ2) is 8.94. The van der Waals surface area contributed by atoms with E-state index in [1.165, 1.54) is 17.9 Å².